The van der Waals surface area contributed by atoms with Gasteiger partial charge in [0.05, 0.1) is 29.7 Å². The largest absolute Gasteiger partial charge is 0.495 e. The fourth-order valence-corrected chi connectivity index (χ4v) is 2.22. The molecule has 1 N–H and O–H groups in total. The maximum absolute atomic E-state index is 6.01. The molecule has 106 valence electrons. The highest BCUT2D eigenvalue weighted by molar-refractivity contribution is 6.32. The van der Waals surface area contributed by atoms with E-state index in [4.69, 9.17) is 16.3 Å². The number of methoxy groups -OCH3 is 1. The summed E-state index contributed by atoms with van der Waals surface area (Å²) in [6, 6.07) is 5.53. The zero-order valence-corrected chi connectivity index (χ0v) is 12.1. The van der Waals surface area contributed by atoms with E-state index >= 15 is 0 Å². The first kappa shape index (κ1) is 13.4. The molecule has 1 fully saturated rings. The Kier molecular flexibility index (Phi) is 3.89. The second-order valence-electron chi connectivity index (χ2n) is 5.05. The number of nitrogens with one attached hydrogen (secondary N) is 1. The lowest BCUT2D eigenvalue weighted by Gasteiger charge is -2.05. The molecule has 3 rings (SSSR count). The van der Waals surface area contributed by atoms with Crippen molar-refractivity contribution in [2.24, 2.45) is 5.92 Å². The number of nitrogens with zero attached hydrogens (tertiary/aromatic N) is 3. The van der Waals surface area contributed by atoms with Gasteiger partial charge in [-0.3, -0.25) is 0 Å². The summed E-state index contributed by atoms with van der Waals surface area (Å²) in [5.74, 6) is 1.50. The van der Waals surface area contributed by atoms with Gasteiger partial charge >= 0.3 is 0 Å². The van der Waals surface area contributed by atoms with Crippen LogP contribution in [-0.4, -0.2) is 28.6 Å². The minimum Gasteiger partial charge on any atom is -0.495 e. The van der Waals surface area contributed by atoms with Crippen LogP contribution in [0.3, 0.4) is 0 Å². The molecule has 1 saturated carbocycles. The second-order valence-corrected chi connectivity index (χ2v) is 5.45. The molecular weight excluding hydrogens is 276 g/mol. The molecule has 1 aromatic heterocycles. The first-order chi connectivity index (χ1) is 9.76. The molecule has 0 atom stereocenters. The highest BCUT2D eigenvalue weighted by Crippen LogP contribution is 2.28. The summed E-state index contributed by atoms with van der Waals surface area (Å²) >= 11 is 6.01. The molecule has 20 heavy (non-hydrogen) atoms. The zero-order chi connectivity index (χ0) is 13.9. The molecule has 6 heteroatoms. The van der Waals surface area contributed by atoms with E-state index in [-0.39, 0.29) is 0 Å². The normalized spacial score (nSPS) is 14.5. The van der Waals surface area contributed by atoms with Crippen LogP contribution in [0.25, 0.3) is 5.69 Å². The highest BCUT2D eigenvalue weighted by Gasteiger charge is 2.20. The lowest BCUT2D eigenvalue weighted by Crippen LogP contribution is -2.16. The summed E-state index contributed by atoms with van der Waals surface area (Å²) in [6.07, 6.45) is 4.62. The van der Waals surface area contributed by atoms with Crippen LogP contribution >= 0.6 is 11.6 Å². The number of halogens is 1. The standard InChI is InChI=1S/C14H17ClN4O/c1-20-14-6-12(4-5-13(14)15)19-9-11(17-18-19)8-16-7-10-2-3-10/h4-6,9-10,16H,2-3,7-8H2,1H3. The molecule has 1 heterocycles. The predicted octanol–water partition coefficient (Wildman–Crippen LogP) is 2.43. The number of ether oxygens (including phenoxy) is 1. The molecule has 1 aliphatic carbocycles. The van der Waals surface area contributed by atoms with E-state index in [0.29, 0.717) is 10.8 Å². The quantitative estimate of drug-likeness (QED) is 0.888. The Morgan fingerprint density at radius 1 is 1.45 bits per heavy atom. The van der Waals surface area contributed by atoms with Crippen molar-refractivity contribution >= 4 is 11.6 Å². The Bertz CT molecular complexity index is 595. The predicted molar refractivity (Wildman–Crippen MR) is 77.4 cm³/mol. The van der Waals surface area contributed by atoms with E-state index in [0.717, 1.165) is 30.4 Å². The summed E-state index contributed by atoms with van der Waals surface area (Å²) in [7, 11) is 1.60. The van der Waals surface area contributed by atoms with Gasteiger partial charge in [0.15, 0.2) is 0 Å². The van der Waals surface area contributed by atoms with Crippen molar-refractivity contribution in [1.82, 2.24) is 20.3 Å². The number of aromatic nitrogens is 3. The van der Waals surface area contributed by atoms with Gasteiger partial charge in [-0.25, -0.2) is 4.68 Å². The lowest BCUT2D eigenvalue weighted by atomic mass is 10.3. The van der Waals surface area contributed by atoms with Crippen LogP contribution in [0.5, 0.6) is 5.75 Å². The summed E-state index contributed by atoms with van der Waals surface area (Å²) in [5.41, 5.74) is 1.81. The Hall–Kier alpha value is -1.59. The van der Waals surface area contributed by atoms with Gasteiger partial charge in [-0.1, -0.05) is 16.8 Å². The molecule has 0 saturated heterocycles. The van der Waals surface area contributed by atoms with E-state index in [2.05, 4.69) is 15.6 Å². The molecular formula is C14H17ClN4O. The van der Waals surface area contributed by atoms with Gasteiger partial charge < -0.3 is 10.1 Å². The van der Waals surface area contributed by atoms with Crippen molar-refractivity contribution in [2.45, 2.75) is 19.4 Å². The molecule has 1 aliphatic rings. The number of benzene rings is 1. The first-order valence-corrected chi connectivity index (χ1v) is 7.10. The Morgan fingerprint density at radius 2 is 2.30 bits per heavy atom. The SMILES string of the molecule is COc1cc(-n2cc(CNCC3CC3)nn2)ccc1Cl. The van der Waals surface area contributed by atoms with E-state index in [9.17, 15) is 0 Å². The van der Waals surface area contributed by atoms with Crippen LogP contribution in [0.2, 0.25) is 5.02 Å². The third-order valence-electron chi connectivity index (χ3n) is 3.38. The third kappa shape index (κ3) is 3.11. The van der Waals surface area contributed by atoms with E-state index in [1.807, 2.05) is 18.3 Å². The van der Waals surface area contributed by atoms with Crippen molar-refractivity contribution in [1.29, 1.82) is 0 Å². The van der Waals surface area contributed by atoms with Crippen LogP contribution in [0.4, 0.5) is 0 Å². The Balaban J connectivity index is 1.68. The van der Waals surface area contributed by atoms with E-state index in [1.54, 1.807) is 17.9 Å². The van der Waals surface area contributed by atoms with Crippen LogP contribution < -0.4 is 10.1 Å². The van der Waals surface area contributed by atoms with E-state index < -0.39 is 0 Å². The third-order valence-corrected chi connectivity index (χ3v) is 3.69. The van der Waals surface area contributed by atoms with Gasteiger partial charge in [0, 0.05) is 12.6 Å². The fraction of sp³-hybridized carbons (Fsp3) is 0.429. The van der Waals surface area contributed by atoms with Gasteiger partial charge in [0.1, 0.15) is 5.75 Å². The van der Waals surface area contributed by atoms with Crippen molar-refractivity contribution in [2.75, 3.05) is 13.7 Å². The van der Waals surface area contributed by atoms with Gasteiger partial charge in [-0.2, -0.15) is 0 Å². The Morgan fingerprint density at radius 3 is 3.05 bits per heavy atom. The number of rotatable bonds is 6. The summed E-state index contributed by atoms with van der Waals surface area (Å²) in [6.45, 7) is 1.82. The summed E-state index contributed by atoms with van der Waals surface area (Å²) < 4.78 is 6.94. The molecule has 2 aromatic rings. The number of hydrogen-bond acceptors (Lipinski definition) is 4. The Labute approximate surface area is 122 Å². The van der Waals surface area contributed by atoms with Crippen LogP contribution in [-0.2, 0) is 6.54 Å². The molecule has 1 aromatic carbocycles. The topological polar surface area (TPSA) is 52.0 Å². The van der Waals surface area contributed by atoms with Gasteiger partial charge in [0.2, 0.25) is 0 Å². The van der Waals surface area contributed by atoms with Crippen molar-refractivity contribution in [3.63, 3.8) is 0 Å². The molecule has 0 amide bonds. The zero-order valence-electron chi connectivity index (χ0n) is 11.3. The minimum absolute atomic E-state index is 0.586. The monoisotopic (exact) mass is 292 g/mol. The first-order valence-electron chi connectivity index (χ1n) is 6.72. The molecule has 0 spiro atoms. The maximum Gasteiger partial charge on any atom is 0.139 e. The van der Waals surface area contributed by atoms with E-state index in [1.165, 1.54) is 12.8 Å². The molecule has 0 bridgehead atoms. The average molecular weight is 293 g/mol. The van der Waals surface area contributed by atoms with Gasteiger partial charge in [-0.05, 0) is 37.4 Å². The van der Waals surface area contributed by atoms with Crippen LogP contribution in [0.15, 0.2) is 24.4 Å². The second kappa shape index (κ2) is 5.81. The molecule has 0 unspecified atom stereocenters. The van der Waals surface area contributed by atoms with Crippen molar-refractivity contribution in [3.05, 3.63) is 35.1 Å². The summed E-state index contributed by atoms with van der Waals surface area (Å²) in [5, 5.41) is 12.3. The van der Waals surface area contributed by atoms with Crippen LogP contribution in [0.1, 0.15) is 18.5 Å². The summed E-state index contributed by atoms with van der Waals surface area (Å²) in [4.78, 5) is 0. The van der Waals surface area contributed by atoms with Crippen LogP contribution in [0, 0.1) is 5.92 Å². The molecule has 0 radical (unpaired) electrons. The van der Waals surface area contributed by atoms with Crippen molar-refractivity contribution < 1.29 is 4.74 Å². The smallest absolute Gasteiger partial charge is 0.139 e. The highest BCUT2D eigenvalue weighted by atomic mass is 35.5. The molecule has 0 aliphatic heterocycles. The minimum atomic E-state index is 0.586. The lowest BCUT2D eigenvalue weighted by molar-refractivity contribution is 0.414. The molecule has 5 nitrogen and oxygen atoms in total. The fourth-order valence-electron chi connectivity index (χ4n) is 2.02. The van der Waals surface area contributed by atoms with Gasteiger partial charge in [-0.15, -0.1) is 5.10 Å². The maximum atomic E-state index is 6.01. The number of hydrogen-bond donors (Lipinski definition) is 1. The van der Waals surface area contributed by atoms with Gasteiger partial charge in [0.25, 0.3) is 0 Å². The average Bonchev–Trinajstić information content (AvgIpc) is 3.16. The van der Waals surface area contributed by atoms with Crippen molar-refractivity contribution in [3.8, 4) is 11.4 Å².